The number of halogens is 1. The summed E-state index contributed by atoms with van der Waals surface area (Å²) in [6, 6.07) is 0. The standard InChI is InChI=1S/C11H13FN2/c1-4-9-6-14-5-7(2)10(12)8(3)11(14)13-9/h5-6H,4H2,1-3H3. The van der Waals surface area contributed by atoms with Gasteiger partial charge in [-0.1, -0.05) is 6.92 Å². The first kappa shape index (κ1) is 9.19. The number of rotatable bonds is 1. The van der Waals surface area contributed by atoms with Gasteiger partial charge in [0.25, 0.3) is 0 Å². The number of fused-ring (bicyclic) bond motifs is 1. The Labute approximate surface area is 82.4 Å². The van der Waals surface area contributed by atoms with Gasteiger partial charge in [0, 0.05) is 23.5 Å². The summed E-state index contributed by atoms with van der Waals surface area (Å²) in [5, 5.41) is 0. The molecule has 0 aliphatic carbocycles. The van der Waals surface area contributed by atoms with E-state index in [0.717, 1.165) is 17.8 Å². The Morgan fingerprint density at radius 3 is 2.71 bits per heavy atom. The van der Waals surface area contributed by atoms with Crippen LogP contribution in [0, 0.1) is 19.7 Å². The summed E-state index contributed by atoms with van der Waals surface area (Å²) in [6.07, 6.45) is 4.61. The minimum atomic E-state index is -0.147. The number of aromatic nitrogens is 2. The van der Waals surface area contributed by atoms with Crippen molar-refractivity contribution in [2.24, 2.45) is 0 Å². The van der Waals surface area contributed by atoms with Crippen LogP contribution >= 0.6 is 0 Å². The maximum atomic E-state index is 13.5. The van der Waals surface area contributed by atoms with Gasteiger partial charge in [-0.25, -0.2) is 9.37 Å². The largest absolute Gasteiger partial charge is 0.306 e. The number of imidazole rings is 1. The molecule has 0 amide bonds. The molecule has 0 spiro atoms. The summed E-state index contributed by atoms with van der Waals surface area (Å²) < 4.78 is 15.4. The molecule has 0 unspecified atom stereocenters. The molecule has 0 N–H and O–H groups in total. The van der Waals surface area contributed by atoms with E-state index in [-0.39, 0.29) is 5.82 Å². The van der Waals surface area contributed by atoms with E-state index in [0.29, 0.717) is 11.1 Å². The monoisotopic (exact) mass is 192 g/mol. The smallest absolute Gasteiger partial charge is 0.142 e. The number of aryl methyl sites for hydroxylation is 3. The summed E-state index contributed by atoms with van der Waals surface area (Å²) in [4.78, 5) is 4.36. The molecule has 3 heteroatoms. The highest BCUT2D eigenvalue weighted by Crippen LogP contribution is 2.17. The van der Waals surface area contributed by atoms with Gasteiger partial charge in [0.05, 0.1) is 5.69 Å². The van der Waals surface area contributed by atoms with Crippen molar-refractivity contribution < 1.29 is 4.39 Å². The molecule has 0 bridgehead atoms. The molecule has 0 aliphatic rings. The van der Waals surface area contributed by atoms with Crippen molar-refractivity contribution in [2.75, 3.05) is 0 Å². The second kappa shape index (κ2) is 3.08. The van der Waals surface area contributed by atoms with Crippen LogP contribution in [0.15, 0.2) is 12.4 Å². The van der Waals surface area contributed by atoms with Gasteiger partial charge < -0.3 is 4.40 Å². The van der Waals surface area contributed by atoms with Gasteiger partial charge in [-0.3, -0.25) is 0 Å². The van der Waals surface area contributed by atoms with Gasteiger partial charge in [-0.2, -0.15) is 0 Å². The molecule has 0 atom stereocenters. The van der Waals surface area contributed by atoms with Crippen LogP contribution in [0.3, 0.4) is 0 Å². The maximum Gasteiger partial charge on any atom is 0.142 e. The van der Waals surface area contributed by atoms with E-state index < -0.39 is 0 Å². The zero-order valence-electron chi connectivity index (χ0n) is 8.63. The van der Waals surface area contributed by atoms with Crippen LogP contribution in [0.25, 0.3) is 5.65 Å². The number of pyridine rings is 1. The Bertz CT molecular complexity index is 485. The van der Waals surface area contributed by atoms with Crippen molar-refractivity contribution in [3.63, 3.8) is 0 Å². The molecule has 0 aliphatic heterocycles. The van der Waals surface area contributed by atoms with Gasteiger partial charge in [-0.15, -0.1) is 0 Å². The zero-order valence-corrected chi connectivity index (χ0v) is 8.63. The van der Waals surface area contributed by atoms with E-state index in [4.69, 9.17) is 0 Å². The number of hydrogen-bond donors (Lipinski definition) is 0. The molecule has 0 saturated carbocycles. The summed E-state index contributed by atoms with van der Waals surface area (Å²) in [6.45, 7) is 5.58. The second-order valence-electron chi connectivity index (χ2n) is 3.57. The molecule has 0 aromatic carbocycles. The molecule has 2 aromatic rings. The molecule has 2 aromatic heterocycles. The molecule has 0 saturated heterocycles. The minimum absolute atomic E-state index is 0.147. The van der Waals surface area contributed by atoms with E-state index in [1.165, 1.54) is 0 Å². The fourth-order valence-electron chi connectivity index (χ4n) is 1.65. The van der Waals surface area contributed by atoms with Crippen molar-refractivity contribution in [3.8, 4) is 0 Å². The predicted octanol–water partition coefficient (Wildman–Crippen LogP) is 2.65. The van der Waals surface area contributed by atoms with Crippen LogP contribution in [0.2, 0.25) is 0 Å². The highest BCUT2D eigenvalue weighted by Gasteiger charge is 2.09. The molecule has 2 heterocycles. The van der Waals surface area contributed by atoms with Crippen molar-refractivity contribution in [3.05, 3.63) is 35.0 Å². The van der Waals surface area contributed by atoms with Crippen LogP contribution in [0.1, 0.15) is 23.7 Å². The summed E-state index contributed by atoms with van der Waals surface area (Å²) >= 11 is 0. The quantitative estimate of drug-likeness (QED) is 0.679. The minimum Gasteiger partial charge on any atom is -0.306 e. The molecule has 0 radical (unpaired) electrons. The summed E-state index contributed by atoms with van der Waals surface area (Å²) in [7, 11) is 0. The third-order valence-corrected chi connectivity index (χ3v) is 2.49. The molecular weight excluding hydrogens is 179 g/mol. The third-order valence-electron chi connectivity index (χ3n) is 2.49. The van der Waals surface area contributed by atoms with Crippen LogP contribution in [-0.4, -0.2) is 9.38 Å². The average molecular weight is 192 g/mol. The van der Waals surface area contributed by atoms with Gasteiger partial charge in [-0.05, 0) is 20.3 Å². The molecule has 2 rings (SSSR count). The van der Waals surface area contributed by atoms with Crippen LogP contribution in [0.4, 0.5) is 4.39 Å². The Hall–Kier alpha value is -1.38. The zero-order chi connectivity index (χ0) is 10.3. The summed E-state index contributed by atoms with van der Waals surface area (Å²) in [5.41, 5.74) is 3.02. The fraction of sp³-hybridized carbons (Fsp3) is 0.364. The maximum absolute atomic E-state index is 13.5. The van der Waals surface area contributed by atoms with Crippen LogP contribution < -0.4 is 0 Å². The highest BCUT2D eigenvalue weighted by molar-refractivity contribution is 5.50. The topological polar surface area (TPSA) is 17.3 Å². The van der Waals surface area contributed by atoms with Crippen LogP contribution in [0.5, 0.6) is 0 Å². The third kappa shape index (κ3) is 1.20. The number of nitrogens with zero attached hydrogens (tertiary/aromatic N) is 2. The number of hydrogen-bond acceptors (Lipinski definition) is 1. The SMILES string of the molecule is CCc1cn2cc(C)c(F)c(C)c2n1. The first-order chi connectivity index (χ1) is 6.63. The molecule has 14 heavy (non-hydrogen) atoms. The van der Waals surface area contributed by atoms with Crippen molar-refractivity contribution >= 4 is 5.65 Å². The second-order valence-corrected chi connectivity index (χ2v) is 3.57. The van der Waals surface area contributed by atoms with Gasteiger partial charge >= 0.3 is 0 Å². The Kier molecular flexibility index (Phi) is 2.02. The van der Waals surface area contributed by atoms with Gasteiger partial charge in [0.1, 0.15) is 11.5 Å². The first-order valence-electron chi connectivity index (χ1n) is 4.76. The fourth-order valence-corrected chi connectivity index (χ4v) is 1.65. The van der Waals surface area contributed by atoms with Crippen molar-refractivity contribution in [1.82, 2.24) is 9.38 Å². The van der Waals surface area contributed by atoms with E-state index in [1.807, 2.05) is 17.5 Å². The van der Waals surface area contributed by atoms with Crippen LogP contribution in [-0.2, 0) is 6.42 Å². The van der Waals surface area contributed by atoms with E-state index in [1.54, 1.807) is 20.0 Å². The Balaban J connectivity index is 2.81. The lowest BCUT2D eigenvalue weighted by Gasteiger charge is -2.02. The highest BCUT2D eigenvalue weighted by atomic mass is 19.1. The normalized spacial score (nSPS) is 11.1. The lowest BCUT2D eigenvalue weighted by atomic mass is 10.2. The lowest BCUT2D eigenvalue weighted by molar-refractivity contribution is 0.607. The first-order valence-corrected chi connectivity index (χ1v) is 4.76. The average Bonchev–Trinajstić information content (AvgIpc) is 2.57. The Morgan fingerprint density at radius 1 is 1.36 bits per heavy atom. The Morgan fingerprint density at radius 2 is 2.07 bits per heavy atom. The van der Waals surface area contributed by atoms with E-state index in [9.17, 15) is 4.39 Å². The summed E-state index contributed by atoms with van der Waals surface area (Å²) in [5.74, 6) is -0.147. The lowest BCUT2D eigenvalue weighted by Crippen LogP contribution is -1.95. The van der Waals surface area contributed by atoms with Crippen molar-refractivity contribution in [1.29, 1.82) is 0 Å². The molecule has 2 nitrogen and oxygen atoms in total. The molecule has 0 fully saturated rings. The predicted molar refractivity (Wildman–Crippen MR) is 54.0 cm³/mol. The molecule has 74 valence electrons. The van der Waals surface area contributed by atoms with E-state index in [2.05, 4.69) is 4.98 Å². The van der Waals surface area contributed by atoms with Crippen molar-refractivity contribution in [2.45, 2.75) is 27.2 Å². The molecular formula is C11H13FN2. The van der Waals surface area contributed by atoms with E-state index >= 15 is 0 Å². The van der Waals surface area contributed by atoms with Gasteiger partial charge in [0.15, 0.2) is 0 Å². The van der Waals surface area contributed by atoms with Gasteiger partial charge in [0.2, 0.25) is 0 Å².